The van der Waals surface area contributed by atoms with Crippen LogP contribution >= 0.6 is 0 Å². The standard InChI is InChI=1S/C15H27N3/c1-12(2)17-15(11-16)9-8-14(10-15)18(3)13-6-4-5-7-13/h12-14,17H,4-10H2,1-3H3. The molecule has 0 aromatic heterocycles. The first kappa shape index (κ1) is 13.8. The highest BCUT2D eigenvalue weighted by Crippen LogP contribution is 2.35. The number of nitrogens with zero attached hydrogens (tertiary/aromatic N) is 2. The SMILES string of the molecule is CC(C)NC1(C#N)CCC(N(C)C2CCCC2)C1. The molecule has 2 rings (SSSR count). The fourth-order valence-corrected chi connectivity index (χ4v) is 3.79. The van der Waals surface area contributed by atoms with Crippen LogP contribution in [0.1, 0.15) is 58.8 Å². The minimum absolute atomic E-state index is 0.272. The van der Waals surface area contributed by atoms with Gasteiger partial charge in [-0.2, -0.15) is 5.26 Å². The summed E-state index contributed by atoms with van der Waals surface area (Å²) in [5.41, 5.74) is -0.272. The number of nitriles is 1. The molecule has 0 spiro atoms. The lowest BCUT2D eigenvalue weighted by atomic mass is 9.98. The molecule has 2 aliphatic rings. The van der Waals surface area contributed by atoms with Crippen molar-refractivity contribution in [2.24, 2.45) is 0 Å². The van der Waals surface area contributed by atoms with Crippen molar-refractivity contribution in [2.75, 3.05) is 7.05 Å². The molecule has 2 saturated carbocycles. The van der Waals surface area contributed by atoms with Crippen molar-refractivity contribution in [2.45, 2.75) is 82.5 Å². The van der Waals surface area contributed by atoms with Crippen LogP contribution in [0.4, 0.5) is 0 Å². The van der Waals surface area contributed by atoms with Gasteiger partial charge in [0.25, 0.3) is 0 Å². The molecule has 102 valence electrons. The Morgan fingerprint density at radius 3 is 2.44 bits per heavy atom. The minimum Gasteiger partial charge on any atom is -0.300 e. The zero-order valence-electron chi connectivity index (χ0n) is 12.1. The van der Waals surface area contributed by atoms with Crippen molar-refractivity contribution < 1.29 is 0 Å². The van der Waals surface area contributed by atoms with Crippen LogP contribution in [0.2, 0.25) is 0 Å². The molecular formula is C15H27N3. The molecule has 0 aliphatic heterocycles. The summed E-state index contributed by atoms with van der Waals surface area (Å²) in [6, 6.07) is 4.30. The number of rotatable bonds is 4. The van der Waals surface area contributed by atoms with Crippen molar-refractivity contribution >= 4 is 0 Å². The maximum absolute atomic E-state index is 9.50. The zero-order chi connectivity index (χ0) is 13.2. The van der Waals surface area contributed by atoms with Crippen molar-refractivity contribution in [3.63, 3.8) is 0 Å². The second kappa shape index (κ2) is 5.59. The third kappa shape index (κ3) is 2.87. The normalized spacial score (nSPS) is 33.4. The highest BCUT2D eigenvalue weighted by molar-refractivity contribution is 5.14. The summed E-state index contributed by atoms with van der Waals surface area (Å²) in [5, 5.41) is 13.0. The predicted molar refractivity (Wildman–Crippen MR) is 74.3 cm³/mol. The molecule has 2 aliphatic carbocycles. The molecule has 1 N–H and O–H groups in total. The first-order chi connectivity index (χ1) is 8.56. The first-order valence-corrected chi connectivity index (χ1v) is 7.47. The molecular weight excluding hydrogens is 222 g/mol. The lowest BCUT2D eigenvalue weighted by Gasteiger charge is -2.32. The molecule has 0 amide bonds. The molecule has 2 atom stereocenters. The molecule has 0 aromatic rings. The Bertz CT molecular complexity index is 314. The average molecular weight is 249 g/mol. The molecule has 3 heteroatoms. The summed E-state index contributed by atoms with van der Waals surface area (Å²) in [7, 11) is 2.27. The Balaban J connectivity index is 1.95. The maximum Gasteiger partial charge on any atom is 0.108 e. The summed E-state index contributed by atoms with van der Waals surface area (Å²) in [4.78, 5) is 2.56. The van der Waals surface area contributed by atoms with Gasteiger partial charge < -0.3 is 4.90 Å². The van der Waals surface area contributed by atoms with E-state index in [1.165, 1.54) is 32.1 Å². The summed E-state index contributed by atoms with van der Waals surface area (Å²) in [6.45, 7) is 4.26. The minimum atomic E-state index is -0.272. The monoisotopic (exact) mass is 249 g/mol. The Kier molecular flexibility index (Phi) is 4.29. The summed E-state index contributed by atoms with van der Waals surface area (Å²) in [6.07, 6.45) is 8.64. The van der Waals surface area contributed by atoms with Gasteiger partial charge in [0.05, 0.1) is 6.07 Å². The van der Waals surface area contributed by atoms with E-state index >= 15 is 0 Å². The van der Waals surface area contributed by atoms with Crippen molar-refractivity contribution in [1.29, 1.82) is 5.26 Å². The van der Waals surface area contributed by atoms with Crippen LogP contribution in [0, 0.1) is 11.3 Å². The second-order valence-corrected chi connectivity index (χ2v) is 6.49. The van der Waals surface area contributed by atoms with Gasteiger partial charge in [0.15, 0.2) is 0 Å². The highest BCUT2D eigenvalue weighted by atomic mass is 15.2. The van der Waals surface area contributed by atoms with Gasteiger partial charge in [0.2, 0.25) is 0 Å². The Morgan fingerprint density at radius 1 is 1.22 bits per heavy atom. The van der Waals surface area contributed by atoms with Gasteiger partial charge in [0.1, 0.15) is 5.54 Å². The fraction of sp³-hybridized carbons (Fsp3) is 0.933. The lowest BCUT2D eigenvalue weighted by Crippen LogP contribution is -2.47. The van der Waals surface area contributed by atoms with E-state index in [1.54, 1.807) is 0 Å². The Hall–Kier alpha value is -0.590. The topological polar surface area (TPSA) is 39.1 Å². The van der Waals surface area contributed by atoms with E-state index in [0.717, 1.165) is 18.9 Å². The van der Waals surface area contributed by atoms with Crippen molar-refractivity contribution in [1.82, 2.24) is 10.2 Å². The molecule has 0 bridgehead atoms. The Morgan fingerprint density at radius 2 is 1.89 bits per heavy atom. The number of hydrogen-bond acceptors (Lipinski definition) is 3. The van der Waals surface area contributed by atoms with Crippen LogP contribution in [0.3, 0.4) is 0 Å². The molecule has 2 fully saturated rings. The number of nitrogens with one attached hydrogen (secondary N) is 1. The van der Waals surface area contributed by atoms with Crippen molar-refractivity contribution in [3.05, 3.63) is 0 Å². The van der Waals surface area contributed by atoms with E-state index in [-0.39, 0.29) is 5.54 Å². The van der Waals surface area contributed by atoms with E-state index in [4.69, 9.17) is 0 Å². The summed E-state index contributed by atoms with van der Waals surface area (Å²) < 4.78 is 0. The molecule has 18 heavy (non-hydrogen) atoms. The van der Waals surface area contributed by atoms with E-state index in [0.29, 0.717) is 12.1 Å². The van der Waals surface area contributed by atoms with E-state index < -0.39 is 0 Å². The van der Waals surface area contributed by atoms with Gasteiger partial charge in [0, 0.05) is 18.1 Å². The lowest BCUT2D eigenvalue weighted by molar-refractivity contribution is 0.171. The quantitative estimate of drug-likeness (QED) is 0.832. The molecule has 0 heterocycles. The van der Waals surface area contributed by atoms with Gasteiger partial charge in [-0.3, -0.25) is 5.32 Å². The summed E-state index contributed by atoms with van der Waals surface area (Å²) >= 11 is 0. The van der Waals surface area contributed by atoms with Gasteiger partial charge in [-0.15, -0.1) is 0 Å². The Labute approximate surface area is 112 Å². The van der Waals surface area contributed by atoms with Gasteiger partial charge >= 0.3 is 0 Å². The maximum atomic E-state index is 9.50. The largest absolute Gasteiger partial charge is 0.300 e. The molecule has 0 saturated heterocycles. The zero-order valence-corrected chi connectivity index (χ0v) is 12.1. The molecule has 0 aromatic carbocycles. The van der Waals surface area contributed by atoms with E-state index in [2.05, 4.69) is 37.2 Å². The average Bonchev–Trinajstić information content (AvgIpc) is 2.96. The van der Waals surface area contributed by atoms with E-state index in [9.17, 15) is 5.26 Å². The van der Waals surface area contributed by atoms with Crippen LogP contribution in [0.25, 0.3) is 0 Å². The number of hydrogen-bond donors (Lipinski definition) is 1. The molecule has 2 unspecified atom stereocenters. The van der Waals surface area contributed by atoms with Crippen LogP contribution in [0.5, 0.6) is 0 Å². The highest BCUT2D eigenvalue weighted by Gasteiger charge is 2.42. The fourth-order valence-electron chi connectivity index (χ4n) is 3.79. The van der Waals surface area contributed by atoms with Crippen LogP contribution < -0.4 is 5.32 Å². The summed E-state index contributed by atoms with van der Waals surface area (Å²) in [5.74, 6) is 0. The van der Waals surface area contributed by atoms with Crippen LogP contribution in [-0.2, 0) is 0 Å². The molecule has 3 nitrogen and oxygen atoms in total. The predicted octanol–water partition coefficient (Wildman–Crippen LogP) is 2.67. The first-order valence-electron chi connectivity index (χ1n) is 7.47. The third-order valence-electron chi connectivity index (χ3n) is 4.74. The van der Waals surface area contributed by atoms with Crippen LogP contribution in [-0.4, -0.2) is 35.6 Å². The second-order valence-electron chi connectivity index (χ2n) is 6.49. The van der Waals surface area contributed by atoms with Gasteiger partial charge in [-0.25, -0.2) is 0 Å². The smallest absolute Gasteiger partial charge is 0.108 e. The third-order valence-corrected chi connectivity index (χ3v) is 4.74. The molecule has 0 radical (unpaired) electrons. The van der Waals surface area contributed by atoms with Gasteiger partial charge in [-0.05, 0) is 53.0 Å². The van der Waals surface area contributed by atoms with Crippen molar-refractivity contribution in [3.8, 4) is 6.07 Å². The van der Waals surface area contributed by atoms with E-state index in [1.807, 2.05) is 0 Å². The van der Waals surface area contributed by atoms with Gasteiger partial charge in [-0.1, -0.05) is 12.8 Å². The van der Waals surface area contributed by atoms with Crippen LogP contribution in [0.15, 0.2) is 0 Å².